The molecule has 1 fully saturated rings. The van der Waals surface area contributed by atoms with Crippen molar-refractivity contribution in [1.29, 1.82) is 0 Å². The molecule has 1 saturated heterocycles. The lowest BCUT2D eigenvalue weighted by atomic mass is 9.94. The number of fused-ring (bicyclic) bond motifs is 1. The molecule has 3 rings (SSSR count). The molecule has 2 aliphatic heterocycles. The number of anilines is 1. The number of ether oxygens (including phenoxy) is 4. The van der Waals surface area contributed by atoms with Crippen LogP contribution in [0.2, 0.25) is 0 Å². The minimum atomic E-state index is -0.389. The third kappa shape index (κ3) is 5.57. The number of hydrogen-bond donors (Lipinski definition) is 1. The number of cyclic esters (lactones) is 1. The number of benzene rings is 1. The van der Waals surface area contributed by atoms with Crippen LogP contribution < -0.4 is 10.5 Å². The summed E-state index contributed by atoms with van der Waals surface area (Å²) in [5.41, 5.74) is 10.6. The second-order valence-corrected chi connectivity index (χ2v) is 7.91. The fraction of sp³-hybridized carbons (Fsp3) is 0.565. The second-order valence-electron chi connectivity index (χ2n) is 7.91. The van der Waals surface area contributed by atoms with Gasteiger partial charge in [0.1, 0.15) is 19.0 Å². The first kappa shape index (κ1) is 23.1. The molecule has 1 aromatic rings. The number of hydrogen-bond acceptors (Lipinski definition) is 8. The number of methoxy groups -OCH3 is 1. The summed E-state index contributed by atoms with van der Waals surface area (Å²) in [6.07, 6.45) is 3.45. The largest absolute Gasteiger partial charge is 0.496 e. The molecule has 31 heavy (non-hydrogen) atoms. The molecule has 8 heteroatoms. The summed E-state index contributed by atoms with van der Waals surface area (Å²) < 4.78 is 21.4. The number of nitrogens with zero attached hydrogens (tertiary/aromatic N) is 1. The molecule has 8 nitrogen and oxygen atoms in total. The highest BCUT2D eigenvalue weighted by Crippen LogP contribution is 2.39. The molecule has 2 heterocycles. The Kier molecular flexibility index (Phi) is 7.92. The molecule has 0 bridgehead atoms. The zero-order chi connectivity index (χ0) is 22.4. The van der Waals surface area contributed by atoms with Crippen molar-refractivity contribution in [3.8, 4) is 5.75 Å². The number of esters is 2. The van der Waals surface area contributed by atoms with Gasteiger partial charge in [0.25, 0.3) is 0 Å². The topological polar surface area (TPSA) is 100 Å². The Labute approximate surface area is 183 Å². The van der Waals surface area contributed by atoms with E-state index in [2.05, 4.69) is 4.90 Å². The lowest BCUT2D eigenvalue weighted by molar-refractivity contribution is -0.144. The molecule has 0 aromatic heterocycles. The van der Waals surface area contributed by atoms with Crippen molar-refractivity contribution in [3.63, 3.8) is 0 Å². The number of rotatable bonds is 9. The highest BCUT2D eigenvalue weighted by molar-refractivity contribution is 6.00. The highest BCUT2D eigenvalue weighted by atomic mass is 16.5. The molecular formula is C23H32N2O6. The van der Waals surface area contributed by atoms with Gasteiger partial charge in [0.05, 0.1) is 31.6 Å². The summed E-state index contributed by atoms with van der Waals surface area (Å²) in [6.45, 7) is 8.48. The van der Waals surface area contributed by atoms with Gasteiger partial charge in [-0.05, 0) is 32.3 Å². The van der Waals surface area contributed by atoms with Gasteiger partial charge in [0.2, 0.25) is 0 Å². The van der Waals surface area contributed by atoms with E-state index in [-0.39, 0.29) is 18.5 Å². The monoisotopic (exact) mass is 432 g/mol. The normalized spacial score (nSPS) is 16.7. The standard InChI is InChI=1S/C23H32N2O6/c1-15(5-7-19(26)30-13-10-25-8-11-29-12-9-25)4-6-17-21(24)20-18(14-31-23(20)27)16(2)22(17)28-3/h4H,5-14,24H2,1-3H3. The van der Waals surface area contributed by atoms with Crippen LogP contribution in [-0.4, -0.2) is 63.4 Å². The number of allylic oxidation sites excluding steroid dienone is 2. The van der Waals surface area contributed by atoms with Crippen molar-refractivity contribution in [2.45, 2.75) is 39.7 Å². The Morgan fingerprint density at radius 2 is 2.00 bits per heavy atom. The van der Waals surface area contributed by atoms with Crippen LogP contribution in [0.15, 0.2) is 11.6 Å². The van der Waals surface area contributed by atoms with Crippen molar-refractivity contribution in [3.05, 3.63) is 33.9 Å². The summed E-state index contributed by atoms with van der Waals surface area (Å²) in [4.78, 5) is 26.3. The molecule has 0 spiro atoms. The van der Waals surface area contributed by atoms with E-state index in [0.29, 0.717) is 42.9 Å². The summed E-state index contributed by atoms with van der Waals surface area (Å²) in [5, 5.41) is 0. The minimum absolute atomic E-state index is 0.200. The number of morpholine rings is 1. The third-order valence-electron chi connectivity index (χ3n) is 5.87. The molecule has 0 atom stereocenters. The quantitative estimate of drug-likeness (QED) is 0.361. The molecule has 2 aliphatic rings. The molecule has 1 aromatic carbocycles. The second kappa shape index (κ2) is 10.6. The van der Waals surface area contributed by atoms with Gasteiger partial charge in [0.15, 0.2) is 0 Å². The van der Waals surface area contributed by atoms with Crippen LogP contribution in [0.25, 0.3) is 0 Å². The van der Waals surface area contributed by atoms with Crippen LogP contribution in [-0.2, 0) is 32.0 Å². The Morgan fingerprint density at radius 1 is 1.26 bits per heavy atom. The van der Waals surface area contributed by atoms with E-state index in [0.717, 1.165) is 55.1 Å². The van der Waals surface area contributed by atoms with E-state index in [1.54, 1.807) is 7.11 Å². The van der Waals surface area contributed by atoms with Gasteiger partial charge >= 0.3 is 11.9 Å². The SMILES string of the molecule is COc1c(C)c2c(c(N)c1CC=C(C)CCC(=O)OCCN1CCOCC1)C(=O)OC2. The predicted molar refractivity (Wildman–Crippen MR) is 116 cm³/mol. The van der Waals surface area contributed by atoms with Crippen LogP contribution in [0.3, 0.4) is 0 Å². The Hall–Kier alpha value is -2.58. The average molecular weight is 433 g/mol. The van der Waals surface area contributed by atoms with E-state index in [1.807, 2.05) is 19.9 Å². The van der Waals surface area contributed by atoms with Crippen LogP contribution in [0.1, 0.15) is 46.8 Å². The van der Waals surface area contributed by atoms with Gasteiger partial charge in [0, 0.05) is 37.2 Å². The Balaban J connectivity index is 1.53. The van der Waals surface area contributed by atoms with Gasteiger partial charge in [-0.1, -0.05) is 11.6 Å². The van der Waals surface area contributed by atoms with E-state index in [9.17, 15) is 9.59 Å². The first-order valence-corrected chi connectivity index (χ1v) is 10.7. The smallest absolute Gasteiger partial charge is 0.341 e. The molecule has 0 radical (unpaired) electrons. The molecule has 0 amide bonds. The van der Waals surface area contributed by atoms with E-state index >= 15 is 0 Å². The van der Waals surface area contributed by atoms with Crippen LogP contribution in [0.4, 0.5) is 5.69 Å². The summed E-state index contributed by atoms with van der Waals surface area (Å²) >= 11 is 0. The summed E-state index contributed by atoms with van der Waals surface area (Å²) in [6, 6.07) is 0. The summed E-state index contributed by atoms with van der Waals surface area (Å²) in [7, 11) is 1.60. The van der Waals surface area contributed by atoms with Crippen molar-refractivity contribution < 1.29 is 28.5 Å². The van der Waals surface area contributed by atoms with E-state index in [1.165, 1.54) is 0 Å². The average Bonchev–Trinajstić information content (AvgIpc) is 3.16. The van der Waals surface area contributed by atoms with Gasteiger partial charge in [-0.2, -0.15) is 0 Å². The lowest BCUT2D eigenvalue weighted by Gasteiger charge is -2.26. The fourth-order valence-corrected chi connectivity index (χ4v) is 3.95. The van der Waals surface area contributed by atoms with Gasteiger partial charge in [-0.25, -0.2) is 4.79 Å². The van der Waals surface area contributed by atoms with Gasteiger partial charge in [-0.15, -0.1) is 0 Å². The first-order valence-electron chi connectivity index (χ1n) is 10.7. The molecule has 0 aliphatic carbocycles. The van der Waals surface area contributed by atoms with Crippen LogP contribution in [0, 0.1) is 6.92 Å². The minimum Gasteiger partial charge on any atom is -0.496 e. The molecule has 2 N–H and O–H groups in total. The summed E-state index contributed by atoms with van der Waals surface area (Å²) in [5.74, 6) is 0.0929. The maximum atomic E-state index is 12.1. The van der Waals surface area contributed by atoms with Gasteiger partial charge in [-0.3, -0.25) is 9.69 Å². The van der Waals surface area contributed by atoms with Crippen molar-refractivity contribution in [2.75, 3.05) is 52.3 Å². The van der Waals surface area contributed by atoms with E-state index in [4.69, 9.17) is 24.7 Å². The van der Waals surface area contributed by atoms with Crippen molar-refractivity contribution in [2.24, 2.45) is 0 Å². The molecule has 0 unspecified atom stereocenters. The number of carbonyl (C=O) groups excluding carboxylic acids is 2. The Bertz CT molecular complexity index is 858. The molecule has 0 saturated carbocycles. The van der Waals surface area contributed by atoms with E-state index < -0.39 is 0 Å². The zero-order valence-electron chi connectivity index (χ0n) is 18.6. The fourth-order valence-electron chi connectivity index (χ4n) is 3.95. The Morgan fingerprint density at radius 3 is 2.71 bits per heavy atom. The highest BCUT2D eigenvalue weighted by Gasteiger charge is 2.30. The maximum Gasteiger partial charge on any atom is 0.341 e. The first-order chi connectivity index (χ1) is 14.9. The lowest BCUT2D eigenvalue weighted by Crippen LogP contribution is -2.38. The zero-order valence-corrected chi connectivity index (χ0v) is 18.6. The third-order valence-corrected chi connectivity index (χ3v) is 5.87. The number of nitrogen functional groups attached to an aromatic ring is 1. The van der Waals surface area contributed by atoms with Gasteiger partial charge < -0.3 is 24.7 Å². The number of carbonyl (C=O) groups is 2. The van der Waals surface area contributed by atoms with Crippen molar-refractivity contribution >= 4 is 17.6 Å². The predicted octanol–water partition coefficient (Wildman–Crippen LogP) is 2.40. The van der Waals surface area contributed by atoms with Crippen molar-refractivity contribution in [1.82, 2.24) is 4.90 Å². The van der Waals surface area contributed by atoms with Crippen LogP contribution in [0.5, 0.6) is 5.75 Å². The van der Waals surface area contributed by atoms with Crippen LogP contribution >= 0.6 is 0 Å². The number of nitrogens with two attached hydrogens (primary N) is 1. The molecule has 170 valence electrons. The molecular weight excluding hydrogens is 400 g/mol. The maximum absolute atomic E-state index is 12.1.